The average Bonchev–Trinajstić information content (AvgIpc) is 3.20. The highest BCUT2D eigenvalue weighted by molar-refractivity contribution is 7.79. The highest BCUT2D eigenvalue weighted by Crippen LogP contribution is 2.27. The van der Waals surface area contributed by atoms with Crippen LogP contribution in [0.2, 0.25) is 0 Å². The fourth-order valence-electron chi connectivity index (χ4n) is 2.97. The Hall–Kier alpha value is -3.36. The summed E-state index contributed by atoms with van der Waals surface area (Å²) in [7, 11) is -4.67. The Morgan fingerprint density at radius 3 is 2.42 bits per heavy atom. The van der Waals surface area contributed by atoms with Gasteiger partial charge in [-0.05, 0) is 12.5 Å². The predicted molar refractivity (Wildman–Crippen MR) is 111 cm³/mol. The SMILES string of the molecule is CCCCCCn1c(=O)c(=O)[nH]c2cc([N+](=O)[O-])c(-n3ccnc3)cc21.O=S(=O)(O)O. The van der Waals surface area contributed by atoms with Crippen LogP contribution in [-0.2, 0) is 16.9 Å². The lowest BCUT2D eigenvalue weighted by molar-refractivity contribution is -0.384. The lowest BCUT2D eigenvalue weighted by Gasteiger charge is -2.12. The third kappa shape index (κ3) is 6.56. The van der Waals surface area contributed by atoms with Gasteiger partial charge in [-0.1, -0.05) is 26.2 Å². The zero-order chi connectivity index (χ0) is 23.2. The number of hydrogen-bond donors (Lipinski definition) is 3. The lowest BCUT2D eigenvalue weighted by Crippen LogP contribution is -2.36. The van der Waals surface area contributed by atoms with Gasteiger partial charge < -0.3 is 14.1 Å². The summed E-state index contributed by atoms with van der Waals surface area (Å²) in [6.45, 7) is 2.48. The molecule has 1 aromatic carbocycles. The van der Waals surface area contributed by atoms with E-state index in [2.05, 4.69) is 16.9 Å². The number of nitrogens with one attached hydrogen (secondary N) is 1. The molecule has 14 heteroatoms. The minimum absolute atomic E-state index is 0.178. The van der Waals surface area contributed by atoms with Crippen LogP contribution in [0, 0.1) is 10.1 Å². The minimum atomic E-state index is -4.67. The van der Waals surface area contributed by atoms with Crippen molar-refractivity contribution in [1.82, 2.24) is 19.1 Å². The average molecular weight is 455 g/mol. The van der Waals surface area contributed by atoms with Crippen molar-refractivity contribution in [3.8, 4) is 5.69 Å². The Morgan fingerprint density at radius 2 is 1.87 bits per heavy atom. The number of aromatic nitrogens is 4. The molecule has 0 saturated carbocycles. The molecule has 168 valence electrons. The molecule has 2 aromatic heterocycles. The largest absolute Gasteiger partial charge is 0.394 e. The van der Waals surface area contributed by atoms with E-state index in [9.17, 15) is 19.7 Å². The van der Waals surface area contributed by atoms with E-state index in [4.69, 9.17) is 17.5 Å². The molecule has 2 heterocycles. The van der Waals surface area contributed by atoms with E-state index in [1.165, 1.54) is 27.7 Å². The van der Waals surface area contributed by atoms with Gasteiger partial charge in [-0.3, -0.25) is 28.8 Å². The van der Waals surface area contributed by atoms with Crippen molar-refractivity contribution < 1.29 is 22.4 Å². The van der Waals surface area contributed by atoms with Crippen molar-refractivity contribution in [3.63, 3.8) is 0 Å². The van der Waals surface area contributed by atoms with Gasteiger partial charge in [0.15, 0.2) is 0 Å². The van der Waals surface area contributed by atoms with E-state index >= 15 is 0 Å². The molecule has 0 unspecified atom stereocenters. The van der Waals surface area contributed by atoms with Crippen molar-refractivity contribution in [2.24, 2.45) is 0 Å². The second kappa shape index (κ2) is 10.1. The van der Waals surface area contributed by atoms with E-state index in [-0.39, 0.29) is 16.9 Å². The zero-order valence-electron chi connectivity index (χ0n) is 16.5. The number of nitrogens with zero attached hydrogens (tertiary/aromatic N) is 4. The molecule has 0 spiro atoms. The number of rotatable bonds is 7. The number of nitro groups is 1. The van der Waals surface area contributed by atoms with Crippen LogP contribution in [0.15, 0.2) is 40.4 Å². The molecule has 0 fully saturated rings. The Labute approximate surface area is 175 Å². The molecule has 0 saturated heterocycles. The van der Waals surface area contributed by atoms with Crippen LogP contribution in [-0.4, -0.2) is 41.5 Å². The number of benzene rings is 1. The maximum atomic E-state index is 12.3. The molecule has 0 bridgehead atoms. The fraction of sp³-hybridized carbons (Fsp3) is 0.353. The van der Waals surface area contributed by atoms with Crippen molar-refractivity contribution in [2.45, 2.75) is 39.2 Å². The quantitative estimate of drug-likeness (QED) is 0.156. The van der Waals surface area contributed by atoms with Crippen molar-refractivity contribution in [3.05, 3.63) is 61.7 Å². The van der Waals surface area contributed by atoms with Gasteiger partial charge in [-0.2, -0.15) is 8.42 Å². The van der Waals surface area contributed by atoms with Gasteiger partial charge in [0, 0.05) is 25.0 Å². The number of imidazole rings is 1. The van der Waals surface area contributed by atoms with E-state index in [0.717, 1.165) is 25.7 Å². The molecule has 0 aliphatic carbocycles. The summed E-state index contributed by atoms with van der Waals surface area (Å²) in [6, 6.07) is 2.83. The topological polar surface area (TPSA) is 190 Å². The van der Waals surface area contributed by atoms with Crippen LogP contribution in [0.25, 0.3) is 16.7 Å². The Bertz CT molecular complexity index is 1270. The van der Waals surface area contributed by atoms with Gasteiger partial charge in [-0.15, -0.1) is 0 Å². The predicted octanol–water partition coefficient (Wildman–Crippen LogP) is 1.71. The summed E-state index contributed by atoms with van der Waals surface area (Å²) in [4.78, 5) is 41.6. The van der Waals surface area contributed by atoms with Crippen LogP contribution < -0.4 is 11.1 Å². The van der Waals surface area contributed by atoms with Gasteiger partial charge >= 0.3 is 21.5 Å². The number of nitro benzene ring substituents is 1. The van der Waals surface area contributed by atoms with Crippen LogP contribution >= 0.6 is 0 Å². The third-order valence-corrected chi connectivity index (χ3v) is 4.29. The number of H-pyrrole nitrogens is 1. The molecule has 0 amide bonds. The first-order valence-corrected chi connectivity index (χ1v) is 10.6. The Morgan fingerprint density at radius 1 is 1.19 bits per heavy atom. The number of fused-ring (bicyclic) bond motifs is 1. The smallest absolute Gasteiger partial charge is 0.316 e. The van der Waals surface area contributed by atoms with Gasteiger partial charge in [0.1, 0.15) is 5.69 Å². The molecule has 3 N–H and O–H groups in total. The maximum Gasteiger partial charge on any atom is 0.394 e. The lowest BCUT2D eigenvalue weighted by atomic mass is 10.2. The number of aryl methyl sites for hydroxylation is 1. The number of hydrogen-bond acceptors (Lipinski definition) is 7. The molecule has 0 atom stereocenters. The van der Waals surface area contributed by atoms with Crippen LogP contribution in [0.4, 0.5) is 5.69 Å². The van der Waals surface area contributed by atoms with Gasteiger partial charge in [-0.25, -0.2) is 4.98 Å². The van der Waals surface area contributed by atoms with Crippen molar-refractivity contribution >= 4 is 27.1 Å². The summed E-state index contributed by atoms with van der Waals surface area (Å²) in [5, 5.41) is 11.5. The summed E-state index contributed by atoms with van der Waals surface area (Å²) in [6.07, 6.45) is 8.34. The first kappa shape index (κ1) is 23.9. The van der Waals surface area contributed by atoms with Gasteiger partial charge in [0.25, 0.3) is 5.69 Å². The number of aromatic amines is 1. The molecule has 31 heavy (non-hydrogen) atoms. The molecule has 0 aliphatic heterocycles. The molecule has 0 aliphatic rings. The standard InChI is InChI=1S/C17H19N5O4.H2O4S/c1-2-3-4-5-7-21-13-10-14(20-8-6-18-11-20)15(22(25)26)9-12(13)19-16(23)17(21)24;1-5(2,3)4/h6,8-11H,2-5,7H2,1H3,(H,19,23);(H2,1,2,3,4). The Kier molecular flexibility index (Phi) is 7.79. The summed E-state index contributed by atoms with van der Waals surface area (Å²) in [5.41, 5.74) is -0.603. The van der Waals surface area contributed by atoms with Crippen LogP contribution in [0.1, 0.15) is 32.6 Å². The molecule has 0 radical (unpaired) electrons. The Balaban J connectivity index is 0.000000614. The summed E-state index contributed by atoms with van der Waals surface area (Å²) < 4.78 is 34.5. The monoisotopic (exact) mass is 455 g/mol. The highest BCUT2D eigenvalue weighted by Gasteiger charge is 2.19. The highest BCUT2D eigenvalue weighted by atomic mass is 32.3. The molecule has 3 aromatic rings. The zero-order valence-corrected chi connectivity index (χ0v) is 17.3. The maximum absolute atomic E-state index is 12.3. The van der Waals surface area contributed by atoms with Crippen LogP contribution in [0.3, 0.4) is 0 Å². The normalized spacial score (nSPS) is 11.2. The molecular weight excluding hydrogens is 434 g/mol. The first-order valence-electron chi connectivity index (χ1n) is 9.16. The first-order chi connectivity index (χ1) is 14.5. The van der Waals surface area contributed by atoms with E-state index < -0.39 is 26.4 Å². The van der Waals surface area contributed by atoms with Crippen molar-refractivity contribution in [1.29, 1.82) is 0 Å². The van der Waals surface area contributed by atoms with Crippen molar-refractivity contribution in [2.75, 3.05) is 0 Å². The minimum Gasteiger partial charge on any atom is -0.316 e. The molecule has 13 nitrogen and oxygen atoms in total. The second-order valence-corrected chi connectivity index (χ2v) is 7.40. The van der Waals surface area contributed by atoms with E-state index in [1.807, 2.05) is 0 Å². The van der Waals surface area contributed by atoms with Crippen LogP contribution in [0.5, 0.6) is 0 Å². The van der Waals surface area contributed by atoms with E-state index in [1.54, 1.807) is 12.3 Å². The molecular formula is C17H21N5O8S. The second-order valence-electron chi connectivity index (χ2n) is 6.50. The number of unbranched alkanes of at least 4 members (excludes halogenated alkanes) is 3. The van der Waals surface area contributed by atoms with Gasteiger partial charge in [0.2, 0.25) is 0 Å². The summed E-state index contributed by atoms with van der Waals surface area (Å²) in [5.74, 6) is 0. The third-order valence-electron chi connectivity index (χ3n) is 4.29. The molecule has 3 rings (SSSR count). The van der Waals surface area contributed by atoms with Gasteiger partial charge in [0.05, 0.1) is 22.3 Å². The fourth-order valence-corrected chi connectivity index (χ4v) is 2.97. The summed E-state index contributed by atoms with van der Waals surface area (Å²) >= 11 is 0. The van der Waals surface area contributed by atoms with E-state index in [0.29, 0.717) is 12.1 Å².